The highest BCUT2D eigenvalue weighted by atomic mass is 32.2. The minimum Gasteiger partial charge on any atom is -0.477 e. The summed E-state index contributed by atoms with van der Waals surface area (Å²) in [7, 11) is 0. The summed E-state index contributed by atoms with van der Waals surface area (Å²) in [4.78, 5) is 86.3. The minimum absolute atomic E-state index is 0.0376. The lowest BCUT2D eigenvalue weighted by molar-refractivity contribution is -0.153. The summed E-state index contributed by atoms with van der Waals surface area (Å²) in [6, 6.07) is 14.6. The van der Waals surface area contributed by atoms with E-state index >= 15 is 0 Å². The van der Waals surface area contributed by atoms with E-state index in [9.17, 15) is 33.9 Å². The number of likely N-dealkylation sites (N-methyl/N-ethyl adjacent to an activating group) is 1. The number of thioether (sulfide) groups is 2. The maximum Gasteiger partial charge on any atom is 0.352 e. The van der Waals surface area contributed by atoms with Gasteiger partial charge in [0.1, 0.15) is 23.2 Å². The number of nitrogens with zero attached hydrogens (tertiary/aromatic N) is 4. The van der Waals surface area contributed by atoms with Crippen LogP contribution < -0.4 is 10.6 Å². The molecule has 3 aromatic rings. The molecule has 3 N–H and O–H groups in total. The quantitative estimate of drug-likeness (QED) is 0.174. The fourth-order valence-electron chi connectivity index (χ4n) is 5.71. The number of piperazine rings is 1. The summed E-state index contributed by atoms with van der Waals surface area (Å²) in [5.41, 5.74) is 1.66. The predicted octanol–water partition coefficient (Wildman–Crippen LogP) is 2.21. The number of hydrogen-bond acceptors (Lipinski definition) is 9. The lowest BCUT2D eigenvalue weighted by atomic mass is 10.0. The highest BCUT2D eigenvalue weighted by Crippen LogP contribution is 2.42. The van der Waals surface area contributed by atoms with Gasteiger partial charge in [0, 0.05) is 47.6 Å². The van der Waals surface area contributed by atoms with Crippen LogP contribution in [0.25, 0.3) is 10.9 Å². The van der Waals surface area contributed by atoms with E-state index in [0.717, 1.165) is 20.7 Å². The van der Waals surface area contributed by atoms with Crippen molar-refractivity contribution in [1.29, 1.82) is 0 Å². The van der Waals surface area contributed by atoms with Crippen molar-refractivity contribution in [2.45, 2.75) is 29.3 Å². The third-order valence-corrected chi connectivity index (χ3v) is 10.6. The van der Waals surface area contributed by atoms with E-state index in [1.807, 2.05) is 30.3 Å². The molecule has 2 saturated heterocycles. The molecule has 242 valence electrons. The number of aromatic nitrogens is 1. The second kappa shape index (κ2) is 13.5. The van der Waals surface area contributed by atoms with Gasteiger partial charge in [-0.3, -0.25) is 34.0 Å². The number of carboxylic acid groups (broad SMARTS) is 1. The molecule has 3 atom stereocenters. The Kier molecular flexibility index (Phi) is 9.18. The van der Waals surface area contributed by atoms with Crippen LogP contribution >= 0.6 is 23.5 Å². The van der Waals surface area contributed by atoms with E-state index in [4.69, 9.17) is 0 Å². The Hall–Kier alpha value is -4.89. The zero-order valence-electron chi connectivity index (χ0n) is 25.1. The maximum atomic E-state index is 13.7. The summed E-state index contributed by atoms with van der Waals surface area (Å²) in [6.45, 7) is 2.18. The zero-order valence-corrected chi connectivity index (χ0v) is 26.8. The van der Waals surface area contributed by atoms with E-state index in [1.165, 1.54) is 33.3 Å². The topological polar surface area (TPSA) is 169 Å². The number of hydrogen-bond donors (Lipinski definition) is 3. The predicted molar refractivity (Wildman–Crippen MR) is 174 cm³/mol. The minimum atomic E-state index is -1.30. The second-order valence-corrected chi connectivity index (χ2v) is 13.0. The number of carbonyl (C=O) groups excluding carboxylic acids is 5. The molecular formula is C32H30N6O7S2. The van der Waals surface area contributed by atoms with E-state index in [2.05, 4.69) is 15.6 Å². The molecule has 15 heteroatoms. The maximum absolute atomic E-state index is 13.7. The number of para-hydroxylation sites is 1. The molecule has 0 bridgehead atoms. The average molecular weight is 675 g/mol. The van der Waals surface area contributed by atoms with Crippen molar-refractivity contribution in [3.05, 3.63) is 83.7 Å². The van der Waals surface area contributed by atoms with Gasteiger partial charge in [-0.2, -0.15) is 0 Å². The molecule has 3 aliphatic heterocycles. The number of pyridine rings is 1. The fraction of sp³-hybridized carbons (Fsp3) is 0.281. The average Bonchev–Trinajstić information content (AvgIpc) is 3.09. The number of amides is 6. The first-order valence-electron chi connectivity index (χ1n) is 14.8. The molecule has 3 aliphatic rings. The summed E-state index contributed by atoms with van der Waals surface area (Å²) in [6.07, 6.45) is 1.70. The smallest absolute Gasteiger partial charge is 0.352 e. The molecule has 2 fully saturated rings. The van der Waals surface area contributed by atoms with Gasteiger partial charge in [-0.1, -0.05) is 48.5 Å². The van der Waals surface area contributed by atoms with Crippen molar-refractivity contribution in [2.75, 3.05) is 31.1 Å². The zero-order chi connectivity index (χ0) is 33.2. The summed E-state index contributed by atoms with van der Waals surface area (Å²) >= 11 is 2.78. The Morgan fingerprint density at radius 2 is 1.79 bits per heavy atom. The molecule has 4 heterocycles. The third-order valence-electron chi connectivity index (χ3n) is 8.14. The molecule has 2 aromatic carbocycles. The Labute approximate surface area is 277 Å². The van der Waals surface area contributed by atoms with Crippen LogP contribution in [0.4, 0.5) is 4.79 Å². The van der Waals surface area contributed by atoms with Crippen molar-refractivity contribution in [2.24, 2.45) is 0 Å². The van der Waals surface area contributed by atoms with Crippen LogP contribution in [0.1, 0.15) is 18.5 Å². The fourth-order valence-corrected chi connectivity index (χ4v) is 8.23. The molecule has 0 saturated carbocycles. The van der Waals surface area contributed by atoms with E-state index in [0.29, 0.717) is 29.2 Å². The Bertz CT molecular complexity index is 1810. The monoisotopic (exact) mass is 674 g/mol. The van der Waals surface area contributed by atoms with Gasteiger partial charge in [-0.25, -0.2) is 9.59 Å². The number of nitrogens with one attached hydrogen (secondary N) is 2. The molecular weight excluding hydrogens is 645 g/mol. The number of carboxylic acids is 1. The molecule has 0 spiro atoms. The van der Waals surface area contributed by atoms with Crippen molar-refractivity contribution in [3.8, 4) is 0 Å². The molecule has 1 unspecified atom stereocenters. The first-order valence-corrected chi connectivity index (χ1v) is 16.9. The number of rotatable bonds is 9. The van der Waals surface area contributed by atoms with Crippen LogP contribution in [0.15, 0.2) is 83.0 Å². The number of fused-ring (bicyclic) bond motifs is 2. The lowest BCUT2D eigenvalue weighted by Crippen LogP contribution is -2.71. The SMILES string of the molecule is CCN1CCN(C(=O)NC(C(=O)N[C@@H]2C(=O)N3C(C(=O)O)=C(CSc4cccc5cccnc45)CS[C@H]23)c2ccccc2)C(=O)C1=O. The largest absolute Gasteiger partial charge is 0.477 e. The number of carbonyl (C=O) groups is 6. The van der Waals surface area contributed by atoms with Crippen molar-refractivity contribution in [1.82, 2.24) is 30.3 Å². The number of aliphatic carboxylic acids is 1. The van der Waals surface area contributed by atoms with Gasteiger partial charge in [0.15, 0.2) is 0 Å². The number of β-lactam (4-membered cyclic amide) rings is 1. The lowest BCUT2D eigenvalue weighted by Gasteiger charge is -2.49. The molecule has 0 radical (unpaired) electrons. The molecule has 13 nitrogen and oxygen atoms in total. The van der Waals surface area contributed by atoms with Crippen LogP contribution in [0.5, 0.6) is 0 Å². The van der Waals surface area contributed by atoms with Crippen LogP contribution in [-0.4, -0.2) is 103 Å². The first kappa shape index (κ1) is 32.1. The van der Waals surface area contributed by atoms with Gasteiger partial charge in [0.2, 0.25) is 5.91 Å². The molecule has 6 amide bonds. The molecule has 6 rings (SSSR count). The van der Waals surface area contributed by atoms with Gasteiger partial charge in [-0.15, -0.1) is 23.5 Å². The van der Waals surface area contributed by atoms with Crippen molar-refractivity contribution >= 4 is 70.1 Å². The normalized spacial score (nSPS) is 20.1. The van der Waals surface area contributed by atoms with Crippen LogP contribution in [0.3, 0.4) is 0 Å². The molecule has 1 aromatic heterocycles. The Balaban J connectivity index is 1.17. The highest BCUT2D eigenvalue weighted by Gasteiger charge is 2.54. The summed E-state index contributed by atoms with van der Waals surface area (Å²) in [5.74, 6) is -3.70. The van der Waals surface area contributed by atoms with Gasteiger partial charge < -0.3 is 20.6 Å². The van der Waals surface area contributed by atoms with E-state index < -0.39 is 53.1 Å². The molecule has 0 aliphatic carbocycles. The summed E-state index contributed by atoms with van der Waals surface area (Å²) in [5, 5.41) is 15.7. The van der Waals surface area contributed by atoms with E-state index in [-0.39, 0.29) is 18.8 Å². The van der Waals surface area contributed by atoms with Gasteiger partial charge in [0.05, 0.1) is 5.52 Å². The number of imide groups is 1. The first-order chi connectivity index (χ1) is 22.7. The standard InChI is InChI=1S/C32H30N6O7S2/c1-2-36-14-15-37(29(42)28(36)41)32(45)35-23(19-8-4-3-5-9-19)26(39)34-24-27(40)38-25(31(43)44)20(17-47-30(24)38)16-46-21-12-6-10-18-11-7-13-33-22(18)21/h3-13,23-24,30H,2,14-17H2,1H3,(H,34,39)(H,35,45)(H,43,44)/t23?,24-,30-/m1/s1. The number of benzene rings is 2. The Morgan fingerprint density at radius 1 is 1.02 bits per heavy atom. The second-order valence-electron chi connectivity index (χ2n) is 10.9. The van der Waals surface area contributed by atoms with Gasteiger partial charge >= 0.3 is 23.8 Å². The van der Waals surface area contributed by atoms with Crippen LogP contribution in [-0.2, 0) is 24.0 Å². The van der Waals surface area contributed by atoms with Crippen molar-refractivity contribution < 1.29 is 33.9 Å². The van der Waals surface area contributed by atoms with Crippen LogP contribution in [0.2, 0.25) is 0 Å². The van der Waals surface area contributed by atoms with Crippen LogP contribution in [0, 0.1) is 0 Å². The van der Waals surface area contributed by atoms with Gasteiger partial charge in [0.25, 0.3) is 5.91 Å². The summed E-state index contributed by atoms with van der Waals surface area (Å²) < 4.78 is 0. The number of urea groups is 1. The Morgan fingerprint density at radius 3 is 2.53 bits per heavy atom. The highest BCUT2D eigenvalue weighted by molar-refractivity contribution is 8.01. The third kappa shape index (κ3) is 6.15. The van der Waals surface area contributed by atoms with Crippen molar-refractivity contribution in [3.63, 3.8) is 0 Å². The molecule has 47 heavy (non-hydrogen) atoms. The van der Waals surface area contributed by atoms with Gasteiger partial charge in [-0.05, 0) is 30.2 Å². The van der Waals surface area contributed by atoms with E-state index in [1.54, 1.807) is 43.5 Å².